The van der Waals surface area contributed by atoms with Crippen molar-refractivity contribution in [3.05, 3.63) is 59.7 Å². The molecule has 0 atom stereocenters. The van der Waals surface area contributed by atoms with Crippen molar-refractivity contribution in [2.24, 2.45) is 0 Å². The van der Waals surface area contributed by atoms with E-state index in [0.717, 1.165) is 0 Å². The van der Waals surface area contributed by atoms with Crippen LogP contribution in [0.25, 0.3) is 0 Å². The van der Waals surface area contributed by atoms with E-state index in [1.807, 2.05) is 0 Å². The van der Waals surface area contributed by atoms with Gasteiger partial charge in [-0.2, -0.15) is 0 Å². The number of carbonyl (C=O) groups excluding carboxylic acids is 1. The maximum absolute atomic E-state index is 12.7. The third-order valence-electron chi connectivity index (χ3n) is 2.34. The van der Waals surface area contributed by atoms with Gasteiger partial charge in [-0.3, -0.25) is 9.78 Å². The number of hydrogen-bond donors (Lipinski definition) is 2. The smallest absolute Gasteiger partial charge is 0.274 e. The summed E-state index contributed by atoms with van der Waals surface area (Å²) in [7, 11) is 0. The largest absolute Gasteiger partial charge is 0.392 e. The van der Waals surface area contributed by atoms with Crippen LogP contribution in [0.4, 0.5) is 10.1 Å². The molecule has 1 aromatic carbocycles. The molecule has 0 aliphatic carbocycles. The number of nitrogens with zero attached hydrogens (tertiary/aromatic N) is 1. The fourth-order valence-corrected chi connectivity index (χ4v) is 1.38. The predicted molar refractivity (Wildman–Crippen MR) is 64.5 cm³/mol. The van der Waals surface area contributed by atoms with Gasteiger partial charge in [0.1, 0.15) is 11.5 Å². The molecule has 0 radical (unpaired) electrons. The van der Waals surface area contributed by atoms with Gasteiger partial charge in [0.15, 0.2) is 0 Å². The van der Waals surface area contributed by atoms with Gasteiger partial charge >= 0.3 is 0 Å². The quantitative estimate of drug-likeness (QED) is 0.870. The highest BCUT2D eigenvalue weighted by atomic mass is 19.1. The number of benzene rings is 1. The molecular weight excluding hydrogens is 235 g/mol. The molecule has 2 N–H and O–H groups in total. The molecule has 4 nitrogen and oxygen atoms in total. The highest BCUT2D eigenvalue weighted by Gasteiger charge is 2.07. The van der Waals surface area contributed by atoms with Crippen LogP contribution in [-0.2, 0) is 6.61 Å². The zero-order valence-electron chi connectivity index (χ0n) is 9.43. The standard InChI is InChI=1S/C13H11FN2O2/c14-10-2-4-11(5-3-10)16-13(18)12-6-1-9(8-17)7-15-12/h1-7,17H,8H2,(H,16,18). The molecule has 0 saturated heterocycles. The van der Waals surface area contributed by atoms with Gasteiger partial charge in [0.2, 0.25) is 0 Å². The van der Waals surface area contributed by atoms with Crippen LogP contribution in [0.2, 0.25) is 0 Å². The number of hydrogen-bond acceptors (Lipinski definition) is 3. The molecule has 5 heteroatoms. The molecule has 0 unspecified atom stereocenters. The van der Waals surface area contributed by atoms with Gasteiger partial charge in [0, 0.05) is 11.9 Å². The molecule has 2 rings (SSSR count). The van der Waals surface area contributed by atoms with Crippen LogP contribution >= 0.6 is 0 Å². The van der Waals surface area contributed by atoms with Gasteiger partial charge < -0.3 is 10.4 Å². The lowest BCUT2D eigenvalue weighted by atomic mass is 10.2. The average molecular weight is 246 g/mol. The van der Waals surface area contributed by atoms with Crippen molar-refractivity contribution in [2.45, 2.75) is 6.61 Å². The molecule has 92 valence electrons. The van der Waals surface area contributed by atoms with Crippen LogP contribution in [-0.4, -0.2) is 16.0 Å². The summed E-state index contributed by atoms with van der Waals surface area (Å²) in [6.07, 6.45) is 1.43. The minimum absolute atomic E-state index is 0.118. The van der Waals surface area contributed by atoms with Gasteiger partial charge in [-0.1, -0.05) is 6.07 Å². The zero-order valence-corrected chi connectivity index (χ0v) is 9.43. The van der Waals surface area contributed by atoms with E-state index in [4.69, 9.17) is 5.11 Å². The number of aromatic nitrogens is 1. The summed E-state index contributed by atoms with van der Waals surface area (Å²) in [6, 6.07) is 8.59. The van der Waals surface area contributed by atoms with E-state index in [9.17, 15) is 9.18 Å². The van der Waals surface area contributed by atoms with Crippen molar-refractivity contribution >= 4 is 11.6 Å². The first-order valence-corrected chi connectivity index (χ1v) is 5.32. The Morgan fingerprint density at radius 2 is 1.94 bits per heavy atom. The van der Waals surface area contributed by atoms with Crippen LogP contribution in [0, 0.1) is 5.82 Å². The molecule has 18 heavy (non-hydrogen) atoms. The Balaban J connectivity index is 2.09. The Hall–Kier alpha value is -2.27. The Morgan fingerprint density at radius 1 is 1.22 bits per heavy atom. The third-order valence-corrected chi connectivity index (χ3v) is 2.34. The summed E-state index contributed by atoms with van der Waals surface area (Å²) in [6.45, 7) is -0.118. The zero-order chi connectivity index (χ0) is 13.0. The summed E-state index contributed by atoms with van der Waals surface area (Å²) in [5.41, 5.74) is 1.36. The summed E-state index contributed by atoms with van der Waals surface area (Å²) in [4.78, 5) is 15.7. The predicted octanol–water partition coefficient (Wildman–Crippen LogP) is 1.97. The maximum Gasteiger partial charge on any atom is 0.274 e. The number of pyridine rings is 1. The second-order valence-corrected chi connectivity index (χ2v) is 3.67. The third kappa shape index (κ3) is 2.89. The van der Waals surface area contributed by atoms with E-state index in [1.54, 1.807) is 6.07 Å². The van der Waals surface area contributed by atoms with Crippen molar-refractivity contribution in [3.63, 3.8) is 0 Å². The van der Waals surface area contributed by atoms with E-state index in [1.165, 1.54) is 36.5 Å². The molecule has 0 aliphatic rings. The molecular formula is C13H11FN2O2. The van der Waals surface area contributed by atoms with Crippen molar-refractivity contribution in [3.8, 4) is 0 Å². The van der Waals surface area contributed by atoms with Crippen molar-refractivity contribution in [1.82, 2.24) is 4.98 Å². The molecule has 0 saturated carbocycles. The van der Waals surface area contributed by atoms with E-state index in [-0.39, 0.29) is 24.0 Å². The number of aliphatic hydroxyl groups excluding tert-OH is 1. The first kappa shape index (κ1) is 12.2. The SMILES string of the molecule is O=C(Nc1ccc(F)cc1)c1ccc(CO)cn1. The fourth-order valence-electron chi connectivity index (χ4n) is 1.38. The van der Waals surface area contributed by atoms with Crippen LogP contribution in [0.3, 0.4) is 0 Å². The number of aliphatic hydroxyl groups is 1. The monoisotopic (exact) mass is 246 g/mol. The maximum atomic E-state index is 12.7. The topological polar surface area (TPSA) is 62.2 Å². The van der Waals surface area contributed by atoms with Gasteiger partial charge in [-0.05, 0) is 35.9 Å². The molecule has 1 aromatic heterocycles. The first-order valence-electron chi connectivity index (χ1n) is 5.32. The highest BCUT2D eigenvalue weighted by molar-refractivity contribution is 6.02. The Bertz CT molecular complexity index is 538. The normalized spacial score (nSPS) is 10.1. The molecule has 0 bridgehead atoms. The van der Waals surface area contributed by atoms with Gasteiger partial charge in [0.05, 0.1) is 6.61 Å². The van der Waals surface area contributed by atoms with Crippen LogP contribution < -0.4 is 5.32 Å². The van der Waals surface area contributed by atoms with Gasteiger partial charge in [0.25, 0.3) is 5.91 Å². The Kier molecular flexibility index (Phi) is 3.64. The number of amides is 1. The molecule has 2 aromatic rings. The fraction of sp³-hybridized carbons (Fsp3) is 0.0769. The minimum atomic E-state index is -0.383. The molecule has 0 aliphatic heterocycles. The minimum Gasteiger partial charge on any atom is -0.392 e. The second kappa shape index (κ2) is 5.37. The lowest BCUT2D eigenvalue weighted by molar-refractivity contribution is 0.102. The molecule has 1 amide bonds. The highest BCUT2D eigenvalue weighted by Crippen LogP contribution is 2.10. The summed E-state index contributed by atoms with van der Waals surface area (Å²) in [5, 5.41) is 11.4. The van der Waals surface area contributed by atoms with E-state index in [2.05, 4.69) is 10.3 Å². The second-order valence-electron chi connectivity index (χ2n) is 3.67. The van der Waals surface area contributed by atoms with E-state index in [0.29, 0.717) is 11.3 Å². The van der Waals surface area contributed by atoms with Gasteiger partial charge in [-0.15, -0.1) is 0 Å². The Morgan fingerprint density at radius 3 is 2.50 bits per heavy atom. The number of halogens is 1. The summed E-state index contributed by atoms with van der Waals surface area (Å²) >= 11 is 0. The lowest BCUT2D eigenvalue weighted by Gasteiger charge is -2.04. The molecule has 0 fully saturated rings. The van der Waals surface area contributed by atoms with Crippen LogP contribution in [0.15, 0.2) is 42.6 Å². The summed E-state index contributed by atoms with van der Waals surface area (Å²) in [5.74, 6) is -0.746. The van der Waals surface area contributed by atoms with Crippen molar-refractivity contribution in [2.75, 3.05) is 5.32 Å². The number of anilines is 1. The number of nitrogens with one attached hydrogen (secondary N) is 1. The van der Waals surface area contributed by atoms with Crippen LogP contribution in [0.1, 0.15) is 16.1 Å². The number of carbonyl (C=O) groups is 1. The van der Waals surface area contributed by atoms with Crippen molar-refractivity contribution < 1.29 is 14.3 Å². The molecule has 0 spiro atoms. The Labute approximate surface area is 103 Å². The van der Waals surface area contributed by atoms with Crippen LogP contribution in [0.5, 0.6) is 0 Å². The lowest BCUT2D eigenvalue weighted by Crippen LogP contribution is -2.13. The van der Waals surface area contributed by atoms with E-state index < -0.39 is 0 Å². The number of rotatable bonds is 3. The van der Waals surface area contributed by atoms with Gasteiger partial charge in [-0.25, -0.2) is 4.39 Å². The summed E-state index contributed by atoms with van der Waals surface area (Å²) < 4.78 is 12.7. The first-order chi connectivity index (χ1) is 8.69. The van der Waals surface area contributed by atoms with Crippen molar-refractivity contribution in [1.29, 1.82) is 0 Å². The molecule has 1 heterocycles. The average Bonchev–Trinajstić information content (AvgIpc) is 2.41. The van der Waals surface area contributed by atoms with E-state index >= 15 is 0 Å².